The Morgan fingerprint density at radius 2 is 1.76 bits per heavy atom. The molecule has 114 valence electrons. The molecular weight excluding hydrogens is 286 g/mol. The van der Waals surface area contributed by atoms with Crippen LogP contribution in [0, 0.1) is 22.6 Å². The maximum absolute atomic E-state index is 13.4. The summed E-state index contributed by atoms with van der Waals surface area (Å²) in [6, 6.07) is 4.02. The normalized spacial score (nSPS) is 19.8. The third-order valence-electron chi connectivity index (χ3n) is 4.06. The smallest absolute Gasteiger partial charge is 0.387 e. The summed E-state index contributed by atoms with van der Waals surface area (Å²) in [5, 5.41) is 19.7. The van der Waals surface area contributed by atoms with Crippen LogP contribution in [0.1, 0.15) is 49.3 Å². The summed E-state index contributed by atoms with van der Waals surface area (Å²) in [4.78, 5) is 0. The minimum atomic E-state index is -4.69. The van der Waals surface area contributed by atoms with Crippen molar-refractivity contribution in [3.8, 4) is 6.07 Å². The quantitative estimate of drug-likeness (QED) is 0.825. The first-order valence-electron chi connectivity index (χ1n) is 6.75. The molecule has 2 rings (SSSR count). The van der Waals surface area contributed by atoms with Crippen LogP contribution < -0.4 is 0 Å². The van der Waals surface area contributed by atoms with Gasteiger partial charge in [-0.25, -0.2) is 4.39 Å². The zero-order chi connectivity index (χ0) is 15.7. The molecule has 0 saturated heterocycles. The minimum absolute atomic E-state index is 0.189. The molecule has 1 aliphatic rings. The molecule has 1 aromatic rings. The number of hydrogen-bond acceptors (Lipinski definition) is 2. The number of halogens is 4. The second-order valence-electron chi connectivity index (χ2n) is 5.50. The van der Waals surface area contributed by atoms with Crippen LogP contribution in [-0.2, 0) is 6.18 Å². The summed E-state index contributed by atoms with van der Waals surface area (Å²) in [5.74, 6) is -1.07. The van der Waals surface area contributed by atoms with Gasteiger partial charge in [0.1, 0.15) is 5.82 Å². The molecule has 0 bridgehead atoms. The lowest BCUT2D eigenvalue weighted by molar-refractivity contribution is -0.137. The maximum Gasteiger partial charge on any atom is 0.416 e. The first-order valence-corrected chi connectivity index (χ1v) is 6.75. The van der Waals surface area contributed by atoms with Gasteiger partial charge in [-0.2, -0.15) is 18.4 Å². The van der Waals surface area contributed by atoms with Gasteiger partial charge in [-0.15, -0.1) is 0 Å². The predicted molar refractivity (Wildman–Crippen MR) is 67.5 cm³/mol. The van der Waals surface area contributed by atoms with Crippen LogP contribution in [-0.4, -0.2) is 5.11 Å². The predicted octanol–water partition coefficient (Wildman–Crippen LogP) is 4.35. The molecule has 1 N–H and O–H groups in total. The largest absolute Gasteiger partial charge is 0.416 e. The average Bonchev–Trinajstić information content (AvgIpc) is 2.45. The van der Waals surface area contributed by atoms with Crippen molar-refractivity contribution in [2.75, 3.05) is 0 Å². The van der Waals surface area contributed by atoms with E-state index in [4.69, 9.17) is 0 Å². The van der Waals surface area contributed by atoms with Crippen molar-refractivity contribution in [1.82, 2.24) is 0 Å². The molecule has 1 aliphatic carbocycles. The Morgan fingerprint density at radius 1 is 1.14 bits per heavy atom. The highest BCUT2D eigenvalue weighted by molar-refractivity contribution is 5.31. The Kier molecular flexibility index (Phi) is 4.24. The Labute approximate surface area is 120 Å². The van der Waals surface area contributed by atoms with Crippen molar-refractivity contribution in [3.63, 3.8) is 0 Å². The standard InChI is InChI=1S/C15H15F4NO/c16-12-7-10(6-11(8-12)15(17,18)19)13(21)14(9-20)4-2-1-3-5-14/h6-8,13,21H,1-5H2. The van der Waals surface area contributed by atoms with Gasteiger partial charge in [-0.3, -0.25) is 0 Å². The van der Waals surface area contributed by atoms with Crippen LogP contribution in [0.5, 0.6) is 0 Å². The van der Waals surface area contributed by atoms with Crippen molar-refractivity contribution in [2.45, 2.75) is 44.4 Å². The summed E-state index contributed by atoms with van der Waals surface area (Å²) < 4.78 is 51.6. The molecule has 0 spiro atoms. The molecule has 1 unspecified atom stereocenters. The Balaban J connectivity index is 2.41. The van der Waals surface area contributed by atoms with E-state index in [9.17, 15) is 27.9 Å². The van der Waals surface area contributed by atoms with Gasteiger partial charge in [0.05, 0.1) is 23.2 Å². The Hall–Kier alpha value is -1.61. The molecular formula is C15H15F4NO. The van der Waals surface area contributed by atoms with Crippen molar-refractivity contribution >= 4 is 0 Å². The van der Waals surface area contributed by atoms with Crippen LogP contribution in [0.3, 0.4) is 0 Å². The maximum atomic E-state index is 13.4. The highest BCUT2D eigenvalue weighted by Gasteiger charge is 2.41. The molecule has 1 atom stereocenters. The molecule has 6 heteroatoms. The van der Waals surface area contributed by atoms with E-state index in [2.05, 4.69) is 0 Å². The lowest BCUT2D eigenvalue weighted by atomic mass is 9.69. The van der Waals surface area contributed by atoms with Gasteiger partial charge in [-0.05, 0) is 36.6 Å². The molecule has 0 radical (unpaired) electrons. The van der Waals surface area contributed by atoms with Crippen molar-refractivity contribution in [2.24, 2.45) is 5.41 Å². The number of rotatable bonds is 2. The fourth-order valence-corrected chi connectivity index (χ4v) is 2.88. The molecule has 1 saturated carbocycles. The lowest BCUT2D eigenvalue weighted by Gasteiger charge is -2.35. The zero-order valence-corrected chi connectivity index (χ0v) is 11.3. The van der Waals surface area contributed by atoms with Crippen molar-refractivity contribution < 1.29 is 22.7 Å². The van der Waals surface area contributed by atoms with Crippen LogP contribution in [0.25, 0.3) is 0 Å². The van der Waals surface area contributed by atoms with Gasteiger partial charge in [0.25, 0.3) is 0 Å². The molecule has 1 aromatic carbocycles. The van der Waals surface area contributed by atoms with Crippen molar-refractivity contribution in [3.05, 3.63) is 35.1 Å². The fourth-order valence-electron chi connectivity index (χ4n) is 2.88. The van der Waals surface area contributed by atoms with E-state index < -0.39 is 29.1 Å². The number of aliphatic hydroxyl groups excluding tert-OH is 1. The number of alkyl halides is 3. The number of hydrogen-bond donors (Lipinski definition) is 1. The highest BCUT2D eigenvalue weighted by atomic mass is 19.4. The van der Waals surface area contributed by atoms with Gasteiger partial charge in [0.2, 0.25) is 0 Å². The van der Waals surface area contributed by atoms with Gasteiger partial charge < -0.3 is 5.11 Å². The van der Waals surface area contributed by atoms with E-state index in [1.165, 1.54) is 0 Å². The molecule has 2 nitrogen and oxygen atoms in total. The Morgan fingerprint density at radius 3 is 2.29 bits per heavy atom. The van der Waals surface area contributed by atoms with E-state index in [1.54, 1.807) is 0 Å². The second kappa shape index (κ2) is 5.64. The molecule has 0 heterocycles. The average molecular weight is 301 g/mol. The van der Waals surface area contributed by atoms with Crippen LogP contribution in [0.15, 0.2) is 18.2 Å². The third-order valence-corrected chi connectivity index (χ3v) is 4.06. The SMILES string of the molecule is N#CC1(C(O)c2cc(F)cc(C(F)(F)F)c2)CCCCC1. The highest BCUT2D eigenvalue weighted by Crippen LogP contribution is 2.46. The topological polar surface area (TPSA) is 44.0 Å². The summed E-state index contributed by atoms with van der Waals surface area (Å²) >= 11 is 0. The molecule has 0 aliphatic heterocycles. The lowest BCUT2D eigenvalue weighted by Crippen LogP contribution is -2.30. The van der Waals surface area contributed by atoms with E-state index in [0.717, 1.165) is 31.4 Å². The van der Waals surface area contributed by atoms with E-state index in [1.807, 2.05) is 6.07 Å². The van der Waals surface area contributed by atoms with Crippen LogP contribution in [0.4, 0.5) is 17.6 Å². The molecule has 21 heavy (non-hydrogen) atoms. The monoisotopic (exact) mass is 301 g/mol. The molecule has 1 fully saturated rings. The van der Waals surface area contributed by atoms with Gasteiger partial charge in [-0.1, -0.05) is 19.3 Å². The summed E-state index contributed by atoms with van der Waals surface area (Å²) in [6.45, 7) is 0. The summed E-state index contributed by atoms with van der Waals surface area (Å²) in [7, 11) is 0. The van der Waals surface area contributed by atoms with Crippen LogP contribution >= 0.6 is 0 Å². The number of nitrogens with zero attached hydrogens (tertiary/aromatic N) is 1. The summed E-state index contributed by atoms with van der Waals surface area (Å²) in [5.41, 5.74) is -2.47. The summed E-state index contributed by atoms with van der Waals surface area (Å²) in [6.07, 6.45) is -2.92. The van der Waals surface area contributed by atoms with E-state index in [0.29, 0.717) is 18.9 Å². The van der Waals surface area contributed by atoms with Crippen molar-refractivity contribution in [1.29, 1.82) is 5.26 Å². The number of nitriles is 1. The first kappa shape index (κ1) is 15.8. The van der Waals surface area contributed by atoms with Gasteiger partial charge in [0, 0.05) is 0 Å². The zero-order valence-electron chi connectivity index (χ0n) is 11.3. The minimum Gasteiger partial charge on any atom is -0.387 e. The van der Waals surface area contributed by atoms with Gasteiger partial charge >= 0.3 is 6.18 Å². The first-order chi connectivity index (χ1) is 9.78. The van der Waals surface area contributed by atoms with E-state index in [-0.39, 0.29) is 5.56 Å². The Bertz CT molecular complexity index is 556. The molecule has 0 amide bonds. The fraction of sp³-hybridized carbons (Fsp3) is 0.533. The van der Waals surface area contributed by atoms with Gasteiger partial charge in [0.15, 0.2) is 0 Å². The third kappa shape index (κ3) is 3.18. The molecule has 0 aromatic heterocycles. The number of aliphatic hydroxyl groups is 1. The number of benzene rings is 1. The van der Waals surface area contributed by atoms with E-state index >= 15 is 0 Å². The van der Waals surface area contributed by atoms with Crippen LogP contribution in [0.2, 0.25) is 0 Å². The second-order valence-corrected chi connectivity index (χ2v) is 5.50.